The SMILES string of the molecule is O=C(NCCSCc1ccc(Cl)cc1)/C(=C/c1ccco1)c1ccccc1. The first-order chi connectivity index (χ1) is 13.2. The fourth-order valence-corrected chi connectivity index (χ4v) is 3.46. The van der Waals surface area contributed by atoms with E-state index in [1.165, 1.54) is 5.56 Å². The second-order valence-corrected chi connectivity index (χ2v) is 7.42. The molecular formula is C22H20ClNO2S. The molecule has 0 spiro atoms. The van der Waals surface area contributed by atoms with Gasteiger partial charge in [0.1, 0.15) is 5.76 Å². The number of thioether (sulfide) groups is 1. The number of carbonyl (C=O) groups is 1. The summed E-state index contributed by atoms with van der Waals surface area (Å²) in [7, 11) is 0. The average Bonchev–Trinajstić information content (AvgIpc) is 3.21. The fourth-order valence-electron chi connectivity index (χ4n) is 2.52. The lowest BCUT2D eigenvalue weighted by Crippen LogP contribution is -2.26. The van der Waals surface area contributed by atoms with Crippen molar-refractivity contribution in [3.63, 3.8) is 0 Å². The van der Waals surface area contributed by atoms with Gasteiger partial charge in [0.05, 0.1) is 11.8 Å². The Hall–Kier alpha value is -2.43. The maximum absolute atomic E-state index is 12.7. The molecule has 3 nitrogen and oxygen atoms in total. The molecule has 1 N–H and O–H groups in total. The summed E-state index contributed by atoms with van der Waals surface area (Å²) < 4.78 is 5.37. The van der Waals surface area contributed by atoms with Crippen molar-refractivity contribution in [2.24, 2.45) is 0 Å². The molecular weight excluding hydrogens is 378 g/mol. The Morgan fingerprint density at radius 1 is 1.04 bits per heavy atom. The molecule has 0 aliphatic carbocycles. The van der Waals surface area contributed by atoms with Crippen LogP contribution >= 0.6 is 23.4 Å². The minimum Gasteiger partial charge on any atom is -0.465 e. The van der Waals surface area contributed by atoms with Crippen molar-refractivity contribution in [3.8, 4) is 0 Å². The number of hydrogen-bond donors (Lipinski definition) is 1. The second kappa shape index (κ2) is 10.0. The third kappa shape index (κ3) is 6.05. The van der Waals surface area contributed by atoms with Crippen LogP contribution in [0.15, 0.2) is 77.4 Å². The van der Waals surface area contributed by atoms with E-state index in [1.54, 1.807) is 30.2 Å². The van der Waals surface area contributed by atoms with Gasteiger partial charge >= 0.3 is 0 Å². The Labute approximate surface area is 168 Å². The maximum Gasteiger partial charge on any atom is 0.252 e. The quantitative estimate of drug-likeness (QED) is 0.401. The summed E-state index contributed by atoms with van der Waals surface area (Å²) in [5.74, 6) is 2.27. The lowest BCUT2D eigenvalue weighted by Gasteiger charge is -2.09. The van der Waals surface area contributed by atoms with Gasteiger partial charge in [0.2, 0.25) is 0 Å². The van der Waals surface area contributed by atoms with E-state index in [4.69, 9.17) is 16.0 Å². The van der Waals surface area contributed by atoms with Crippen LogP contribution < -0.4 is 5.32 Å². The van der Waals surface area contributed by atoms with Gasteiger partial charge in [-0.25, -0.2) is 0 Å². The molecule has 138 valence electrons. The molecule has 0 aliphatic heterocycles. The number of benzene rings is 2. The van der Waals surface area contributed by atoms with Crippen molar-refractivity contribution in [2.75, 3.05) is 12.3 Å². The Kier molecular flexibility index (Phi) is 7.19. The minimum absolute atomic E-state index is 0.107. The summed E-state index contributed by atoms with van der Waals surface area (Å²) in [6, 6.07) is 21.1. The molecule has 0 bridgehead atoms. The molecule has 0 unspecified atom stereocenters. The summed E-state index contributed by atoms with van der Waals surface area (Å²) in [6.45, 7) is 0.597. The summed E-state index contributed by atoms with van der Waals surface area (Å²) in [4.78, 5) is 12.7. The van der Waals surface area contributed by atoms with Gasteiger partial charge in [-0.3, -0.25) is 4.79 Å². The van der Waals surface area contributed by atoms with E-state index in [2.05, 4.69) is 5.32 Å². The number of nitrogens with one attached hydrogen (secondary N) is 1. The van der Waals surface area contributed by atoms with Crippen molar-refractivity contribution >= 4 is 40.9 Å². The molecule has 0 radical (unpaired) electrons. The molecule has 3 aromatic rings. The standard InChI is InChI=1S/C22H20ClNO2S/c23-19-10-8-17(9-11-19)16-27-14-12-24-22(25)21(15-20-7-4-13-26-20)18-5-2-1-3-6-18/h1-11,13,15H,12,14,16H2,(H,24,25)/b21-15+. The van der Waals surface area contributed by atoms with Gasteiger partial charge < -0.3 is 9.73 Å². The van der Waals surface area contributed by atoms with E-state index < -0.39 is 0 Å². The molecule has 0 fully saturated rings. The molecule has 0 aliphatic rings. The highest BCUT2D eigenvalue weighted by molar-refractivity contribution is 7.98. The molecule has 1 amide bonds. The number of carbonyl (C=O) groups excluding carboxylic acids is 1. The zero-order chi connectivity index (χ0) is 18.9. The van der Waals surface area contributed by atoms with E-state index in [1.807, 2.05) is 60.7 Å². The minimum atomic E-state index is -0.107. The summed E-state index contributed by atoms with van der Waals surface area (Å²) in [5, 5.41) is 3.74. The highest BCUT2D eigenvalue weighted by Crippen LogP contribution is 2.19. The first-order valence-corrected chi connectivity index (χ1v) is 10.2. The number of furan rings is 1. The molecule has 3 rings (SSSR count). The third-order valence-corrected chi connectivity index (χ3v) is 5.16. The van der Waals surface area contributed by atoms with Crippen molar-refractivity contribution < 1.29 is 9.21 Å². The Balaban J connectivity index is 1.54. The Morgan fingerprint density at radius 3 is 2.52 bits per heavy atom. The van der Waals surface area contributed by atoms with E-state index in [0.717, 1.165) is 22.1 Å². The third-order valence-electron chi connectivity index (χ3n) is 3.87. The van der Waals surface area contributed by atoms with Crippen LogP contribution in [0.4, 0.5) is 0 Å². The fraction of sp³-hybridized carbons (Fsp3) is 0.136. The first kappa shape index (κ1) is 19.3. The average molecular weight is 398 g/mol. The molecule has 1 heterocycles. The zero-order valence-corrected chi connectivity index (χ0v) is 16.3. The maximum atomic E-state index is 12.7. The first-order valence-electron chi connectivity index (χ1n) is 8.63. The Morgan fingerprint density at radius 2 is 1.81 bits per heavy atom. The van der Waals surface area contributed by atoms with Crippen molar-refractivity contribution in [3.05, 3.63) is 94.9 Å². The van der Waals surface area contributed by atoms with Crippen LogP contribution in [0.2, 0.25) is 5.02 Å². The van der Waals surface area contributed by atoms with Crippen molar-refractivity contribution in [1.82, 2.24) is 5.32 Å². The summed E-state index contributed by atoms with van der Waals surface area (Å²) in [5.41, 5.74) is 2.67. The molecule has 2 aromatic carbocycles. The van der Waals surface area contributed by atoms with Crippen LogP contribution in [0.25, 0.3) is 11.6 Å². The molecule has 1 aromatic heterocycles. The molecule has 0 saturated carbocycles. The van der Waals surface area contributed by atoms with Crippen LogP contribution in [0, 0.1) is 0 Å². The van der Waals surface area contributed by atoms with Gasteiger partial charge in [-0.15, -0.1) is 0 Å². The topological polar surface area (TPSA) is 42.2 Å². The molecule has 5 heteroatoms. The predicted octanol–water partition coefficient (Wildman–Crippen LogP) is 5.52. The smallest absolute Gasteiger partial charge is 0.252 e. The highest BCUT2D eigenvalue weighted by Gasteiger charge is 2.12. The number of amides is 1. The van der Waals surface area contributed by atoms with E-state index in [0.29, 0.717) is 17.9 Å². The van der Waals surface area contributed by atoms with Crippen LogP contribution in [0.1, 0.15) is 16.9 Å². The number of hydrogen-bond acceptors (Lipinski definition) is 3. The normalized spacial score (nSPS) is 11.4. The van der Waals surface area contributed by atoms with Gasteiger partial charge in [0.15, 0.2) is 0 Å². The summed E-state index contributed by atoms with van der Waals surface area (Å²) in [6.07, 6.45) is 3.37. The second-order valence-electron chi connectivity index (χ2n) is 5.87. The molecule has 0 atom stereocenters. The van der Waals surface area contributed by atoms with Gasteiger partial charge in [0.25, 0.3) is 5.91 Å². The van der Waals surface area contributed by atoms with Crippen molar-refractivity contribution in [2.45, 2.75) is 5.75 Å². The lowest BCUT2D eigenvalue weighted by molar-refractivity contribution is -0.115. The zero-order valence-electron chi connectivity index (χ0n) is 14.7. The number of rotatable bonds is 8. The highest BCUT2D eigenvalue weighted by atomic mass is 35.5. The van der Waals surface area contributed by atoms with Crippen LogP contribution in [0.5, 0.6) is 0 Å². The van der Waals surface area contributed by atoms with Gasteiger partial charge in [-0.2, -0.15) is 11.8 Å². The molecule has 27 heavy (non-hydrogen) atoms. The van der Waals surface area contributed by atoms with E-state index in [-0.39, 0.29) is 5.91 Å². The lowest BCUT2D eigenvalue weighted by atomic mass is 10.0. The largest absolute Gasteiger partial charge is 0.465 e. The molecule has 0 saturated heterocycles. The van der Waals surface area contributed by atoms with E-state index in [9.17, 15) is 4.79 Å². The van der Waals surface area contributed by atoms with Crippen molar-refractivity contribution in [1.29, 1.82) is 0 Å². The van der Waals surface area contributed by atoms with E-state index >= 15 is 0 Å². The van der Waals surface area contributed by atoms with Crippen LogP contribution in [-0.4, -0.2) is 18.2 Å². The monoisotopic (exact) mass is 397 g/mol. The van der Waals surface area contributed by atoms with Crippen LogP contribution in [0.3, 0.4) is 0 Å². The van der Waals surface area contributed by atoms with Gasteiger partial charge in [-0.1, -0.05) is 54.1 Å². The Bertz CT molecular complexity index is 874. The summed E-state index contributed by atoms with van der Waals surface area (Å²) >= 11 is 7.67. The van der Waals surface area contributed by atoms with Gasteiger partial charge in [-0.05, 0) is 41.5 Å². The van der Waals surface area contributed by atoms with Crippen LogP contribution in [-0.2, 0) is 10.5 Å². The predicted molar refractivity (Wildman–Crippen MR) is 114 cm³/mol. The van der Waals surface area contributed by atoms with Gasteiger partial charge in [0, 0.05) is 23.1 Å². The number of halogens is 1.